The predicted octanol–water partition coefficient (Wildman–Crippen LogP) is 1.26. The Morgan fingerprint density at radius 2 is 2.42 bits per heavy atom. The molecule has 1 rings (SSSR count). The normalized spacial score (nSPS) is 9.50. The third-order valence-electron chi connectivity index (χ3n) is 1.32. The van der Waals surface area contributed by atoms with E-state index < -0.39 is 0 Å². The van der Waals surface area contributed by atoms with Crippen molar-refractivity contribution in [2.24, 2.45) is 0 Å². The fraction of sp³-hybridized carbons (Fsp3) is 0.250. The zero-order valence-corrected chi connectivity index (χ0v) is 7.64. The maximum atomic E-state index is 10.8. The van der Waals surface area contributed by atoms with Gasteiger partial charge in [0.25, 0.3) is 0 Å². The fourth-order valence-corrected chi connectivity index (χ4v) is 0.803. The minimum Gasteiger partial charge on any atom is -0.310 e. The van der Waals surface area contributed by atoms with E-state index in [2.05, 4.69) is 22.9 Å². The zero-order valence-electron chi connectivity index (χ0n) is 6.74. The lowest BCUT2D eigenvalue weighted by molar-refractivity contribution is -0.113. The van der Waals surface area contributed by atoms with Crippen molar-refractivity contribution >= 4 is 24.4 Å². The number of rotatable bonds is 2. The third kappa shape index (κ3) is 2.54. The second kappa shape index (κ2) is 4.11. The Bertz CT molecular complexity index is 271. The van der Waals surface area contributed by atoms with Gasteiger partial charge in [-0.2, -0.15) is 12.6 Å². The number of pyridine rings is 1. The Morgan fingerprint density at radius 1 is 1.67 bits per heavy atom. The van der Waals surface area contributed by atoms with Crippen LogP contribution in [0.3, 0.4) is 0 Å². The van der Waals surface area contributed by atoms with Crippen LogP contribution in [0.15, 0.2) is 18.3 Å². The van der Waals surface area contributed by atoms with Crippen molar-refractivity contribution in [1.82, 2.24) is 4.98 Å². The van der Waals surface area contributed by atoms with Crippen LogP contribution in [0.1, 0.15) is 5.56 Å². The van der Waals surface area contributed by atoms with Crippen LogP contribution in [0.4, 0.5) is 5.82 Å². The monoisotopic (exact) mass is 182 g/mol. The smallest absolute Gasteiger partial charge is 0.235 e. The Hall–Kier alpha value is -1.03. The second-order valence-electron chi connectivity index (χ2n) is 2.43. The Morgan fingerprint density at radius 3 is 2.92 bits per heavy atom. The van der Waals surface area contributed by atoms with Crippen LogP contribution in [0.2, 0.25) is 0 Å². The highest BCUT2D eigenvalue weighted by Gasteiger charge is 1.98. The van der Waals surface area contributed by atoms with E-state index in [4.69, 9.17) is 0 Å². The molecule has 0 unspecified atom stereocenters. The molecule has 1 heterocycles. The number of aryl methyl sites for hydroxylation is 1. The van der Waals surface area contributed by atoms with Gasteiger partial charge in [-0.15, -0.1) is 0 Å². The van der Waals surface area contributed by atoms with Crippen LogP contribution in [-0.2, 0) is 4.79 Å². The number of carbonyl (C=O) groups excluding carboxylic acids is 1. The summed E-state index contributed by atoms with van der Waals surface area (Å²) in [6, 6.07) is 3.65. The molecule has 0 aromatic carbocycles. The molecule has 0 aliphatic heterocycles. The highest BCUT2D eigenvalue weighted by molar-refractivity contribution is 7.81. The summed E-state index contributed by atoms with van der Waals surface area (Å²) in [6.07, 6.45) is 1.70. The van der Waals surface area contributed by atoms with E-state index in [1.165, 1.54) is 0 Å². The van der Waals surface area contributed by atoms with Gasteiger partial charge < -0.3 is 5.32 Å². The standard InChI is InChI=1S/C8H10N2OS/c1-6-2-3-7(9-4-6)10-8(11)5-12/h2-4,12H,5H2,1H3,(H,9,10,11). The van der Waals surface area contributed by atoms with Gasteiger partial charge in [0, 0.05) is 6.20 Å². The fourth-order valence-electron chi connectivity index (χ4n) is 0.724. The zero-order chi connectivity index (χ0) is 8.97. The number of nitrogens with one attached hydrogen (secondary N) is 1. The number of aromatic nitrogens is 1. The number of amides is 1. The van der Waals surface area contributed by atoms with Crippen molar-refractivity contribution in [2.75, 3.05) is 11.1 Å². The molecule has 4 heteroatoms. The first-order valence-electron chi connectivity index (χ1n) is 3.56. The van der Waals surface area contributed by atoms with Crippen molar-refractivity contribution in [2.45, 2.75) is 6.92 Å². The summed E-state index contributed by atoms with van der Waals surface area (Å²) in [5, 5.41) is 2.59. The molecule has 0 saturated carbocycles. The number of anilines is 1. The minimum absolute atomic E-state index is 0.144. The Kier molecular flexibility index (Phi) is 3.10. The van der Waals surface area contributed by atoms with Crippen LogP contribution in [0, 0.1) is 6.92 Å². The molecule has 0 aliphatic rings. The average Bonchev–Trinajstić information content (AvgIpc) is 2.09. The number of hydrogen-bond acceptors (Lipinski definition) is 3. The Balaban J connectivity index is 2.64. The summed E-state index contributed by atoms with van der Waals surface area (Å²) in [5.74, 6) is 0.601. The lowest BCUT2D eigenvalue weighted by Gasteiger charge is -2.01. The molecule has 0 aliphatic carbocycles. The van der Waals surface area contributed by atoms with E-state index >= 15 is 0 Å². The summed E-state index contributed by atoms with van der Waals surface area (Å²) < 4.78 is 0. The molecular formula is C8H10N2OS. The van der Waals surface area contributed by atoms with Gasteiger partial charge in [-0.1, -0.05) is 6.07 Å². The summed E-state index contributed by atoms with van der Waals surface area (Å²) in [5.41, 5.74) is 1.07. The predicted molar refractivity (Wildman–Crippen MR) is 51.5 cm³/mol. The topological polar surface area (TPSA) is 42.0 Å². The molecule has 0 bridgehead atoms. The molecular weight excluding hydrogens is 172 g/mol. The van der Waals surface area contributed by atoms with Crippen molar-refractivity contribution in [3.05, 3.63) is 23.9 Å². The lowest BCUT2D eigenvalue weighted by atomic mass is 10.3. The van der Waals surface area contributed by atoms with Crippen molar-refractivity contribution in [3.8, 4) is 0 Å². The van der Waals surface area contributed by atoms with Crippen molar-refractivity contribution in [3.63, 3.8) is 0 Å². The number of thiol groups is 1. The molecule has 0 fully saturated rings. The van der Waals surface area contributed by atoms with E-state index in [-0.39, 0.29) is 11.7 Å². The van der Waals surface area contributed by atoms with Crippen LogP contribution in [0.5, 0.6) is 0 Å². The van der Waals surface area contributed by atoms with Crippen LogP contribution in [-0.4, -0.2) is 16.6 Å². The quantitative estimate of drug-likeness (QED) is 0.676. The van der Waals surface area contributed by atoms with Gasteiger partial charge in [-0.3, -0.25) is 4.79 Å². The first-order chi connectivity index (χ1) is 5.72. The highest BCUT2D eigenvalue weighted by atomic mass is 32.1. The third-order valence-corrected chi connectivity index (χ3v) is 1.61. The van der Waals surface area contributed by atoms with Crippen LogP contribution >= 0.6 is 12.6 Å². The molecule has 1 aromatic rings. The SMILES string of the molecule is Cc1ccc(NC(=O)CS)nc1. The first kappa shape index (κ1) is 9.06. The Labute approximate surface area is 76.6 Å². The number of nitrogens with zero attached hydrogens (tertiary/aromatic N) is 1. The molecule has 0 radical (unpaired) electrons. The average molecular weight is 182 g/mol. The van der Waals surface area contributed by atoms with Gasteiger partial charge in [0.05, 0.1) is 5.75 Å². The van der Waals surface area contributed by atoms with E-state index in [0.717, 1.165) is 5.56 Å². The molecule has 1 aromatic heterocycles. The molecule has 0 spiro atoms. The highest BCUT2D eigenvalue weighted by Crippen LogP contribution is 2.03. The molecule has 3 nitrogen and oxygen atoms in total. The van der Waals surface area contributed by atoms with Gasteiger partial charge in [-0.05, 0) is 18.6 Å². The molecule has 0 atom stereocenters. The van der Waals surface area contributed by atoms with Gasteiger partial charge in [0.15, 0.2) is 0 Å². The lowest BCUT2D eigenvalue weighted by Crippen LogP contribution is -2.13. The molecule has 1 amide bonds. The van der Waals surface area contributed by atoms with Gasteiger partial charge in [0.1, 0.15) is 5.82 Å². The van der Waals surface area contributed by atoms with Gasteiger partial charge in [-0.25, -0.2) is 4.98 Å². The summed E-state index contributed by atoms with van der Waals surface area (Å²) in [7, 11) is 0. The van der Waals surface area contributed by atoms with Gasteiger partial charge >= 0.3 is 0 Å². The minimum atomic E-state index is -0.144. The molecule has 0 saturated heterocycles. The maximum absolute atomic E-state index is 10.8. The maximum Gasteiger partial charge on any atom is 0.235 e. The first-order valence-corrected chi connectivity index (χ1v) is 4.19. The summed E-state index contributed by atoms with van der Waals surface area (Å²) >= 11 is 3.83. The van der Waals surface area contributed by atoms with Crippen LogP contribution < -0.4 is 5.32 Å². The molecule has 12 heavy (non-hydrogen) atoms. The molecule has 64 valence electrons. The summed E-state index contributed by atoms with van der Waals surface area (Å²) in [6.45, 7) is 1.94. The van der Waals surface area contributed by atoms with E-state index in [0.29, 0.717) is 5.82 Å². The van der Waals surface area contributed by atoms with Crippen LogP contribution in [0.25, 0.3) is 0 Å². The van der Waals surface area contributed by atoms with Gasteiger partial charge in [0.2, 0.25) is 5.91 Å². The van der Waals surface area contributed by atoms with E-state index in [1.54, 1.807) is 12.3 Å². The van der Waals surface area contributed by atoms with Crippen molar-refractivity contribution in [1.29, 1.82) is 0 Å². The summed E-state index contributed by atoms with van der Waals surface area (Å²) in [4.78, 5) is 14.8. The largest absolute Gasteiger partial charge is 0.310 e. The van der Waals surface area contributed by atoms with E-state index in [9.17, 15) is 4.79 Å². The number of hydrogen-bond donors (Lipinski definition) is 2. The molecule has 1 N–H and O–H groups in total. The number of carbonyl (C=O) groups is 1. The van der Waals surface area contributed by atoms with Crippen molar-refractivity contribution < 1.29 is 4.79 Å². The van der Waals surface area contributed by atoms with E-state index in [1.807, 2.05) is 13.0 Å². The second-order valence-corrected chi connectivity index (χ2v) is 2.74.